The Kier molecular flexibility index (Phi) is 5.30. The Labute approximate surface area is 93.7 Å². The van der Waals surface area contributed by atoms with Gasteiger partial charge in [-0.2, -0.15) is 5.10 Å². The van der Waals surface area contributed by atoms with Gasteiger partial charge in [0, 0.05) is 12.2 Å². The van der Waals surface area contributed by atoms with E-state index in [-0.39, 0.29) is 24.8 Å². The highest BCUT2D eigenvalue weighted by molar-refractivity contribution is 5.85. The average molecular weight is 236 g/mol. The highest BCUT2D eigenvalue weighted by Gasteiger charge is 2.03. The van der Waals surface area contributed by atoms with Gasteiger partial charge in [0.05, 0.1) is 6.26 Å². The lowest BCUT2D eigenvalue weighted by Gasteiger charge is -1.84. The Balaban J connectivity index is 0.000000845. The van der Waals surface area contributed by atoms with Crippen LogP contribution in [0.25, 0.3) is 11.5 Å². The van der Waals surface area contributed by atoms with Gasteiger partial charge in [-0.1, -0.05) is 0 Å². The number of hydrogen-bond acceptors (Lipinski definition) is 3. The van der Waals surface area contributed by atoms with Crippen LogP contribution in [-0.2, 0) is 6.54 Å². The van der Waals surface area contributed by atoms with E-state index in [1.54, 1.807) is 6.26 Å². The molecule has 0 aliphatic rings. The van der Waals surface area contributed by atoms with Gasteiger partial charge in [-0.05, 0) is 18.2 Å². The molecule has 0 spiro atoms. The summed E-state index contributed by atoms with van der Waals surface area (Å²) in [6.07, 6.45) is 1.62. The molecule has 2 aromatic rings. The van der Waals surface area contributed by atoms with E-state index in [1.165, 1.54) is 0 Å². The van der Waals surface area contributed by atoms with Crippen LogP contribution in [0.5, 0.6) is 0 Å². The minimum atomic E-state index is 0. The summed E-state index contributed by atoms with van der Waals surface area (Å²) in [7, 11) is 0. The maximum absolute atomic E-state index is 5.41. The van der Waals surface area contributed by atoms with Gasteiger partial charge in [0.25, 0.3) is 0 Å². The number of aromatic amines is 1. The monoisotopic (exact) mass is 235 g/mol. The number of nitrogens with two attached hydrogens (primary N) is 1. The molecule has 0 unspecified atom stereocenters. The van der Waals surface area contributed by atoms with E-state index in [9.17, 15) is 0 Å². The first-order valence-corrected chi connectivity index (χ1v) is 3.68. The minimum Gasteiger partial charge on any atom is -0.463 e. The molecule has 0 radical (unpaired) electrons. The predicted molar refractivity (Wildman–Crippen MR) is 58.7 cm³/mol. The third-order valence-electron chi connectivity index (χ3n) is 1.62. The van der Waals surface area contributed by atoms with Crippen molar-refractivity contribution in [3.63, 3.8) is 0 Å². The zero-order chi connectivity index (χ0) is 8.39. The second-order valence-electron chi connectivity index (χ2n) is 2.46. The zero-order valence-electron chi connectivity index (χ0n) is 7.27. The van der Waals surface area contributed by atoms with Crippen LogP contribution < -0.4 is 5.73 Å². The molecule has 0 aliphatic heterocycles. The fourth-order valence-corrected chi connectivity index (χ4v) is 1.02. The van der Waals surface area contributed by atoms with Crippen molar-refractivity contribution in [2.75, 3.05) is 0 Å². The molecule has 0 fully saturated rings. The molecule has 4 nitrogen and oxygen atoms in total. The molecule has 0 atom stereocenters. The lowest BCUT2D eigenvalue weighted by atomic mass is 10.3. The molecule has 6 heteroatoms. The molecule has 0 saturated heterocycles. The number of aromatic nitrogens is 2. The Morgan fingerprint density at radius 3 is 2.71 bits per heavy atom. The Morgan fingerprint density at radius 2 is 2.21 bits per heavy atom. The van der Waals surface area contributed by atoms with E-state index in [0.717, 1.165) is 17.1 Å². The van der Waals surface area contributed by atoms with Gasteiger partial charge >= 0.3 is 0 Å². The summed E-state index contributed by atoms with van der Waals surface area (Å²) in [4.78, 5) is 0. The zero-order valence-corrected chi connectivity index (χ0v) is 8.90. The first-order chi connectivity index (χ1) is 5.90. The van der Waals surface area contributed by atoms with Crippen molar-refractivity contribution in [1.82, 2.24) is 10.2 Å². The van der Waals surface area contributed by atoms with Crippen molar-refractivity contribution in [2.45, 2.75) is 6.54 Å². The Bertz CT molecular complexity index is 358. The number of furan rings is 1. The number of rotatable bonds is 2. The first kappa shape index (κ1) is 13.0. The van der Waals surface area contributed by atoms with Gasteiger partial charge in [-0.25, -0.2) is 0 Å². The number of nitrogens with one attached hydrogen (secondary N) is 1. The minimum absolute atomic E-state index is 0. The van der Waals surface area contributed by atoms with E-state index >= 15 is 0 Å². The largest absolute Gasteiger partial charge is 0.463 e. The van der Waals surface area contributed by atoms with Crippen LogP contribution in [0.15, 0.2) is 28.9 Å². The lowest BCUT2D eigenvalue weighted by molar-refractivity contribution is 0.580. The van der Waals surface area contributed by atoms with Crippen LogP contribution in [0.4, 0.5) is 0 Å². The number of halogens is 2. The molecule has 0 bridgehead atoms. The summed E-state index contributed by atoms with van der Waals surface area (Å²) in [5.74, 6) is 0.756. The first-order valence-electron chi connectivity index (χ1n) is 3.68. The van der Waals surface area contributed by atoms with Crippen LogP contribution in [-0.4, -0.2) is 10.2 Å². The van der Waals surface area contributed by atoms with E-state index in [0.29, 0.717) is 6.54 Å². The van der Waals surface area contributed by atoms with Crippen LogP contribution in [0, 0.1) is 0 Å². The van der Waals surface area contributed by atoms with Crippen molar-refractivity contribution < 1.29 is 4.42 Å². The van der Waals surface area contributed by atoms with Gasteiger partial charge < -0.3 is 10.2 Å². The fourth-order valence-electron chi connectivity index (χ4n) is 1.02. The smallest absolute Gasteiger partial charge is 0.154 e. The molecule has 2 aromatic heterocycles. The summed E-state index contributed by atoms with van der Waals surface area (Å²) in [5.41, 5.74) is 7.11. The van der Waals surface area contributed by atoms with Gasteiger partial charge in [0.15, 0.2) is 5.76 Å². The van der Waals surface area contributed by atoms with E-state index in [1.807, 2.05) is 18.2 Å². The second-order valence-corrected chi connectivity index (χ2v) is 2.46. The number of H-pyrrole nitrogens is 1. The molecule has 2 rings (SSSR count). The van der Waals surface area contributed by atoms with Crippen molar-refractivity contribution >= 4 is 24.8 Å². The second kappa shape index (κ2) is 5.70. The van der Waals surface area contributed by atoms with Gasteiger partial charge in [0.2, 0.25) is 0 Å². The van der Waals surface area contributed by atoms with Crippen molar-refractivity contribution in [3.05, 3.63) is 30.2 Å². The van der Waals surface area contributed by atoms with E-state index < -0.39 is 0 Å². The third kappa shape index (κ3) is 2.51. The normalized spacial score (nSPS) is 8.93. The maximum atomic E-state index is 5.41. The van der Waals surface area contributed by atoms with Crippen LogP contribution in [0.2, 0.25) is 0 Å². The number of hydrogen-bond donors (Lipinski definition) is 2. The number of nitrogens with zero attached hydrogens (tertiary/aromatic N) is 1. The summed E-state index contributed by atoms with van der Waals surface area (Å²) in [5, 5.41) is 6.84. The summed E-state index contributed by atoms with van der Waals surface area (Å²) < 4.78 is 5.15. The standard InChI is InChI=1S/C8H9N3O.2ClH/c9-5-6-4-7(11-10-6)8-2-1-3-12-8;;/h1-4H,5,9H2,(H,10,11);2*1H. The van der Waals surface area contributed by atoms with Crippen LogP contribution in [0.1, 0.15) is 5.69 Å². The predicted octanol–water partition coefficient (Wildman–Crippen LogP) is 1.97. The highest BCUT2D eigenvalue weighted by atomic mass is 35.5. The molecule has 78 valence electrons. The Morgan fingerprint density at radius 1 is 1.43 bits per heavy atom. The van der Waals surface area contributed by atoms with Crippen LogP contribution in [0.3, 0.4) is 0 Å². The molecule has 0 saturated carbocycles. The van der Waals surface area contributed by atoms with Gasteiger partial charge in [-0.3, -0.25) is 5.10 Å². The van der Waals surface area contributed by atoms with Crippen molar-refractivity contribution in [2.24, 2.45) is 5.73 Å². The quantitative estimate of drug-likeness (QED) is 0.837. The fraction of sp³-hybridized carbons (Fsp3) is 0.125. The molecule has 0 aromatic carbocycles. The highest BCUT2D eigenvalue weighted by Crippen LogP contribution is 2.17. The van der Waals surface area contributed by atoms with Crippen LogP contribution >= 0.6 is 24.8 Å². The molecule has 0 amide bonds. The molecular formula is C8H11Cl2N3O. The Hall–Kier alpha value is -0.970. The third-order valence-corrected chi connectivity index (χ3v) is 1.62. The van der Waals surface area contributed by atoms with E-state index in [2.05, 4.69) is 10.2 Å². The van der Waals surface area contributed by atoms with Gasteiger partial charge in [-0.15, -0.1) is 24.8 Å². The van der Waals surface area contributed by atoms with E-state index in [4.69, 9.17) is 10.2 Å². The van der Waals surface area contributed by atoms with Crippen molar-refractivity contribution in [1.29, 1.82) is 0 Å². The lowest BCUT2D eigenvalue weighted by Crippen LogP contribution is -1.95. The molecule has 0 aliphatic carbocycles. The topological polar surface area (TPSA) is 67.8 Å². The SMILES string of the molecule is Cl.Cl.NCc1cc(-c2ccco2)n[nH]1. The molecule has 14 heavy (non-hydrogen) atoms. The molecular weight excluding hydrogens is 225 g/mol. The summed E-state index contributed by atoms with van der Waals surface area (Å²) in [6.45, 7) is 0.466. The maximum Gasteiger partial charge on any atom is 0.154 e. The summed E-state index contributed by atoms with van der Waals surface area (Å²) >= 11 is 0. The average Bonchev–Trinajstić information content (AvgIpc) is 2.75. The molecule has 3 N–H and O–H groups in total. The molecule has 2 heterocycles. The van der Waals surface area contributed by atoms with Crippen molar-refractivity contribution in [3.8, 4) is 11.5 Å². The summed E-state index contributed by atoms with van der Waals surface area (Å²) in [6, 6.07) is 5.56. The van der Waals surface area contributed by atoms with Gasteiger partial charge in [0.1, 0.15) is 5.69 Å².